The van der Waals surface area contributed by atoms with E-state index in [1.165, 1.54) is 45.6 Å². The quantitative estimate of drug-likeness (QED) is 0.305. The molecule has 0 heterocycles. The number of hydrogen-bond acceptors (Lipinski definition) is 4. The first-order chi connectivity index (χ1) is 10.9. The Bertz CT molecular complexity index is 358. The largest absolute Gasteiger partial charge is 0.466 e. The normalized spacial score (nSPS) is 9.39. The zero-order valence-electron chi connectivity index (χ0n) is 15.4. The number of carbonyl (C=O) groups excluding carboxylic acids is 2. The van der Waals surface area contributed by atoms with Gasteiger partial charge in [-0.25, -0.2) is 9.59 Å². The molecular weight excluding hydrogens is 292 g/mol. The molecule has 0 aromatic rings. The number of hydrogen-bond donors (Lipinski definition) is 0. The van der Waals surface area contributed by atoms with Gasteiger partial charge in [-0.1, -0.05) is 65.0 Å². The zero-order chi connectivity index (χ0) is 18.1. The summed E-state index contributed by atoms with van der Waals surface area (Å²) in [6.45, 7) is 12.9. The Hall–Kier alpha value is -1.58. The molecule has 0 fully saturated rings. The van der Waals surface area contributed by atoms with E-state index in [9.17, 15) is 9.59 Å². The van der Waals surface area contributed by atoms with E-state index < -0.39 is 0 Å². The summed E-state index contributed by atoms with van der Waals surface area (Å²) in [5, 5.41) is 0. The summed E-state index contributed by atoms with van der Waals surface area (Å²) in [6.07, 6.45) is 10.1. The van der Waals surface area contributed by atoms with Crippen LogP contribution < -0.4 is 0 Å². The number of methoxy groups -OCH3 is 1. The van der Waals surface area contributed by atoms with Gasteiger partial charge in [0, 0.05) is 11.1 Å². The Labute approximate surface area is 141 Å². The number of rotatable bonds is 11. The molecule has 4 heteroatoms. The second-order valence-electron chi connectivity index (χ2n) is 5.66. The van der Waals surface area contributed by atoms with Crippen molar-refractivity contribution in [3.63, 3.8) is 0 Å². The minimum atomic E-state index is -0.347. The van der Waals surface area contributed by atoms with Gasteiger partial charge in [-0.15, -0.1) is 0 Å². The lowest BCUT2D eigenvalue weighted by Gasteiger charge is -2.04. The summed E-state index contributed by atoms with van der Waals surface area (Å²) in [6, 6.07) is 0. The molecule has 0 unspecified atom stereocenters. The van der Waals surface area contributed by atoms with Gasteiger partial charge in [-0.05, 0) is 20.3 Å². The molecule has 0 amide bonds. The average Bonchev–Trinajstić information content (AvgIpc) is 2.52. The van der Waals surface area contributed by atoms with Crippen LogP contribution in [0.15, 0.2) is 24.3 Å². The Morgan fingerprint density at radius 2 is 1.22 bits per heavy atom. The molecule has 0 aromatic heterocycles. The third-order valence-corrected chi connectivity index (χ3v) is 3.11. The Morgan fingerprint density at radius 3 is 1.57 bits per heavy atom. The van der Waals surface area contributed by atoms with Crippen LogP contribution in [0, 0.1) is 0 Å². The molecule has 0 N–H and O–H groups in total. The van der Waals surface area contributed by atoms with E-state index in [1.807, 2.05) is 0 Å². The van der Waals surface area contributed by atoms with Crippen LogP contribution >= 0.6 is 0 Å². The van der Waals surface area contributed by atoms with Gasteiger partial charge in [0.2, 0.25) is 0 Å². The van der Waals surface area contributed by atoms with Gasteiger partial charge in [0.25, 0.3) is 0 Å². The first kappa shape index (κ1) is 23.7. The van der Waals surface area contributed by atoms with E-state index in [-0.39, 0.29) is 11.9 Å². The SMILES string of the molecule is C=C(C)C(=O)OC.C=C(C)C(=O)OCCCCCCCCCC. The molecule has 0 rings (SSSR count). The lowest BCUT2D eigenvalue weighted by Crippen LogP contribution is -2.05. The lowest BCUT2D eigenvalue weighted by molar-refractivity contribution is -0.139. The van der Waals surface area contributed by atoms with E-state index >= 15 is 0 Å². The number of ether oxygens (including phenoxy) is 2. The van der Waals surface area contributed by atoms with Crippen LogP contribution in [-0.4, -0.2) is 25.7 Å². The van der Waals surface area contributed by atoms with Crippen molar-refractivity contribution in [3.8, 4) is 0 Å². The molecule has 0 radical (unpaired) electrons. The molecule has 0 aliphatic rings. The molecule has 0 saturated heterocycles. The van der Waals surface area contributed by atoms with Gasteiger partial charge in [-0.3, -0.25) is 0 Å². The molecular formula is C19H34O4. The topological polar surface area (TPSA) is 52.6 Å². The van der Waals surface area contributed by atoms with Gasteiger partial charge >= 0.3 is 11.9 Å². The first-order valence-electron chi connectivity index (χ1n) is 8.43. The van der Waals surface area contributed by atoms with Crippen LogP contribution in [0.25, 0.3) is 0 Å². The monoisotopic (exact) mass is 326 g/mol. The van der Waals surface area contributed by atoms with Crippen molar-refractivity contribution in [2.24, 2.45) is 0 Å². The molecule has 0 bridgehead atoms. The van der Waals surface area contributed by atoms with Gasteiger partial charge in [-0.2, -0.15) is 0 Å². The minimum absolute atomic E-state index is 0.261. The molecule has 0 aliphatic carbocycles. The van der Waals surface area contributed by atoms with E-state index in [4.69, 9.17) is 4.74 Å². The summed E-state index contributed by atoms with van der Waals surface area (Å²) in [5.41, 5.74) is 0.919. The van der Waals surface area contributed by atoms with E-state index in [1.54, 1.807) is 13.8 Å². The van der Waals surface area contributed by atoms with Crippen LogP contribution in [0.3, 0.4) is 0 Å². The molecule has 0 spiro atoms. The van der Waals surface area contributed by atoms with Crippen molar-refractivity contribution in [1.82, 2.24) is 0 Å². The molecule has 4 nitrogen and oxygen atoms in total. The van der Waals surface area contributed by atoms with Crippen molar-refractivity contribution in [3.05, 3.63) is 24.3 Å². The van der Waals surface area contributed by atoms with Gasteiger partial charge < -0.3 is 9.47 Å². The highest BCUT2D eigenvalue weighted by Crippen LogP contribution is 2.08. The molecule has 0 aliphatic heterocycles. The predicted molar refractivity (Wildman–Crippen MR) is 95.2 cm³/mol. The Morgan fingerprint density at radius 1 is 0.783 bits per heavy atom. The van der Waals surface area contributed by atoms with Crippen molar-refractivity contribution in [2.75, 3.05) is 13.7 Å². The van der Waals surface area contributed by atoms with Gasteiger partial charge in [0.15, 0.2) is 0 Å². The van der Waals surface area contributed by atoms with E-state index in [2.05, 4.69) is 24.8 Å². The molecule has 0 aromatic carbocycles. The standard InChI is InChI=1S/C14H26O2.C5H8O2/c1-4-5-6-7-8-9-10-11-12-16-14(15)13(2)3;1-4(2)5(6)7-3/h2,4-12H2,1,3H3;1H2,2-3H3. The maximum atomic E-state index is 11.0. The first-order valence-corrected chi connectivity index (χ1v) is 8.43. The maximum absolute atomic E-state index is 11.0. The Kier molecular flexibility index (Phi) is 17.3. The summed E-state index contributed by atoms with van der Waals surface area (Å²) < 4.78 is 9.28. The fourth-order valence-electron chi connectivity index (χ4n) is 1.70. The number of esters is 2. The van der Waals surface area contributed by atoms with E-state index in [0.717, 1.165) is 12.8 Å². The second kappa shape index (κ2) is 16.8. The maximum Gasteiger partial charge on any atom is 0.333 e. The Balaban J connectivity index is 0. The van der Waals surface area contributed by atoms with Crippen molar-refractivity contribution >= 4 is 11.9 Å². The van der Waals surface area contributed by atoms with Crippen molar-refractivity contribution in [1.29, 1.82) is 0 Å². The van der Waals surface area contributed by atoms with Crippen LogP contribution in [-0.2, 0) is 19.1 Å². The zero-order valence-corrected chi connectivity index (χ0v) is 15.4. The highest BCUT2D eigenvalue weighted by Gasteiger charge is 2.01. The highest BCUT2D eigenvalue weighted by molar-refractivity contribution is 5.87. The third kappa shape index (κ3) is 18.4. The van der Waals surface area contributed by atoms with Gasteiger partial charge in [0.1, 0.15) is 0 Å². The summed E-state index contributed by atoms with van der Waals surface area (Å²) in [5.74, 6) is -0.608. The van der Waals surface area contributed by atoms with Crippen molar-refractivity contribution in [2.45, 2.75) is 72.1 Å². The summed E-state index contributed by atoms with van der Waals surface area (Å²) in [4.78, 5) is 21.2. The minimum Gasteiger partial charge on any atom is -0.466 e. The van der Waals surface area contributed by atoms with Crippen LogP contribution in [0.1, 0.15) is 72.1 Å². The fourth-order valence-corrected chi connectivity index (χ4v) is 1.70. The average molecular weight is 326 g/mol. The molecule has 23 heavy (non-hydrogen) atoms. The van der Waals surface area contributed by atoms with Crippen molar-refractivity contribution < 1.29 is 19.1 Å². The fraction of sp³-hybridized carbons (Fsp3) is 0.684. The summed E-state index contributed by atoms with van der Waals surface area (Å²) in [7, 11) is 1.33. The molecule has 134 valence electrons. The lowest BCUT2D eigenvalue weighted by atomic mass is 10.1. The van der Waals surface area contributed by atoms with E-state index in [0.29, 0.717) is 17.8 Å². The van der Waals surface area contributed by atoms with Crippen LogP contribution in [0.5, 0.6) is 0 Å². The number of carbonyl (C=O) groups is 2. The third-order valence-electron chi connectivity index (χ3n) is 3.11. The highest BCUT2D eigenvalue weighted by atomic mass is 16.5. The van der Waals surface area contributed by atoms with Crippen LogP contribution in [0.4, 0.5) is 0 Å². The van der Waals surface area contributed by atoms with Crippen LogP contribution in [0.2, 0.25) is 0 Å². The molecule has 0 saturated carbocycles. The second-order valence-corrected chi connectivity index (χ2v) is 5.66. The van der Waals surface area contributed by atoms with Gasteiger partial charge in [0.05, 0.1) is 13.7 Å². The molecule has 0 atom stereocenters. The summed E-state index contributed by atoms with van der Waals surface area (Å²) >= 11 is 0. The predicted octanol–water partition coefficient (Wildman–Crippen LogP) is 4.98. The smallest absolute Gasteiger partial charge is 0.333 e. The number of unbranched alkanes of at least 4 members (excludes halogenated alkanes) is 7.